The lowest BCUT2D eigenvalue weighted by Crippen LogP contribution is -2.12. The van der Waals surface area contributed by atoms with E-state index >= 15 is 0 Å². The summed E-state index contributed by atoms with van der Waals surface area (Å²) in [6.07, 6.45) is 2.36. The Labute approximate surface area is 156 Å². The number of benzene rings is 1. The van der Waals surface area contributed by atoms with Crippen molar-refractivity contribution in [1.82, 2.24) is 20.2 Å². The van der Waals surface area contributed by atoms with Crippen molar-refractivity contribution in [2.24, 2.45) is 0 Å². The fourth-order valence-corrected chi connectivity index (χ4v) is 4.06. The minimum atomic E-state index is -0.463. The number of H-pyrrole nitrogens is 1. The first-order valence-corrected chi connectivity index (χ1v) is 9.76. The van der Waals surface area contributed by atoms with Gasteiger partial charge in [-0.15, -0.1) is 10.2 Å². The molecule has 1 aromatic carbocycles. The number of aromatic amines is 1. The van der Waals surface area contributed by atoms with Gasteiger partial charge in [0.05, 0.1) is 29.3 Å². The van der Waals surface area contributed by atoms with E-state index in [2.05, 4.69) is 25.5 Å². The molecule has 0 aliphatic heterocycles. The molecule has 0 atom stereocenters. The van der Waals surface area contributed by atoms with E-state index in [0.29, 0.717) is 34.1 Å². The largest absolute Gasteiger partial charge is 0.465 e. The molecule has 0 saturated heterocycles. The van der Waals surface area contributed by atoms with Crippen molar-refractivity contribution in [2.45, 2.75) is 29.0 Å². The average Bonchev–Trinajstić information content (AvgIpc) is 3.35. The maximum atomic E-state index is 12.2. The van der Waals surface area contributed by atoms with Crippen LogP contribution in [0.2, 0.25) is 0 Å². The third-order valence-corrected chi connectivity index (χ3v) is 5.82. The molecule has 10 heteroatoms. The number of hydrogen-bond donors (Lipinski definition) is 2. The number of anilines is 1. The van der Waals surface area contributed by atoms with E-state index in [1.165, 1.54) is 43.1 Å². The van der Waals surface area contributed by atoms with Gasteiger partial charge in [0.15, 0.2) is 4.34 Å². The van der Waals surface area contributed by atoms with Crippen LogP contribution in [0.25, 0.3) is 10.9 Å². The quantitative estimate of drug-likeness (QED) is 0.489. The van der Waals surface area contributed by atoms with Gasteiger partial charge in [-0.3, -0.25) is 4.79 Å². The lowest BCUT2D eigenvalue weighted by molar-refractivity contribution is 0.0601. The Hall–Kier alpha value is -2.46. The normalized spacial score (nSPS) is 13.7. The second kappa shape index (κ2) is 7.04. The summed E-state index contributed by atoms with van der Waals surface area (Å²) in [6, 6.07) is 5.22. The van der Waals surface area contributed by atoms with Gasteiger partial charge in [-0.25, -0.2) is 9.78 Å². The van der Waals surface area contributed by atoms with E-state index in [1.54, 1.807) is 18.2 Å². The van der Waals surface area contributed by atoms with Crippen molar-refractivity contribution < 1.29 is 9.53 Å². The zero-order chi connectivity index (χ0) is 18.1. The topological polar surface area (TPSA) is 110 Å². The van der Waals surface area contributed by atoms with Crippen molar-refractivity contribution in [3.05, 3.63) is 39.9 Å². The maximum Gasteiger partial charge on any atom is 0.337 e. The molecule has 134 valence electrons. The van der Waals surface area contributed by atoms with Crippen LogP contribution < -0.4 is 10.9 Å². The van der Waals surface area contributed by atoms with Gasteiger partial charge >= 0.3 is 5.97 Å². The summed E-state index contributed by atoms with van der Waals surface area (Å²) in [4.78, 5) is 31.1. The van der Waals surface area contributed by atoms with E-state index in [4.69, 9.17) is 4.74 Å². The number of carbonyl (C=O) groups is 1. The smallest absolute Gasteiger partial charge is 0.337 e. The van der Waals surface area contributed by atoms with Gasteiger partial charge in [0.2, 0.25) is 5.13 Å². The number of ether oxygens (including phenoxy) is 1. The Morgan fingerprint density at radius 1 is 1.42 bits per heavy atom. The third-order valence-electron chi connectivity index (χ3n) is 3.82. The van der Waals surface area contributed by atoms with Crippen molar-refractivity contribution in [1.29, 1.82) is 0 Å². The molecule has 0 amide bonds. The Morgan fingerprint density at radius 2 is 2.27 bits per heavy atom. The number of nitrogens with zero attached hydrogens (tertiary/aromatic N) is 3. The zero-order valence-corrected chi connectivity index (χ0v) is 15.4. The van der Waals surface area contributed by atoms with E-state index in [0.717, 1.165) is 9.47 Å². The van der Waals surface area contributed by atoms with Gasteiger partial charge in [-0.2, -0.15) is 0 Å². The van der Waals surface area contributed by atoms with Crippen LogP contribution in [0.15, 0.2) is 27.3 Å². The molecule has 2 N–H and O–H groups in total. The Balaban J connectivity index is 1.52. The van der Waals surface area contributed by atoms with Crippen molar-refractivity contribution >= 4 is 45.1 Å². The van der Waals surface area contributed by atoms with Crippen LogP contribution in [0.4, 0.5) is 5.13 Å². The van der Waals surface area contributed by atoms with Crippen LogP contribution in [0.3, 0.4) is 0 Å². The van der Waals surface area contributed by atoms with Crippen molar-refractivity contribution in [3.63, 3.8) is 0 Å². The molecular formula is C16H15N5O3S2. The molecule has 8 nitrogen and oxygen atoms in total. The molecular weight excluding hydrogens is 374 g/mol. The highest BCUT2D eigenvalue weighted by Gasteiger charge is 2.22. The standard InChI is InChI=1S/C16H15N5O3S2/c1-24-14(23)8-2-5-10-11(6-8)18-12(19-13(10)22)7-25-16-21-20-15(26-16)17-9-3-4-9/h2,5-6,9H,3-4,7H2,1H3,(H,17,20)(H,18,19,22). The number of carbonyl (C=O) groups excluding carboxylic acids is 1. The Kier molecular flexibility index (Phi) is 4.60. The zero-order valence-electron chi connectivity index (χ0n) is 13.8. The van der Waals surface area contributed by atoms with Gasteiger partial charge in [0, 0.05) is 6.04 Å². The summed E-state index contributed by atoms with van der Waals surface area (Å²) >= 11 is 2.94. The van der Waals surface area contributed by atoms with Crippen LogP contribution in [-0.2, 0) is 10.5 Å². The molecule has 1 saturated carbocycles. The summed E-state index contributed by atoms with van der Waals surface area (Å²) in [5.41, 5.74) is 0.576. The summed E-state index contributed by atoms with van der Waals surface area (Å²) in [6.45, 7) is 0. The SMILES string of the molecule is COC(=O)c1ccc2c(=O)[nH]c(CSc3nnc(NC4CC4)s3)nc2c1. The monoisotopic (exact) mass is 389 g/mol. The summed E-state index contributed by atoms with van der Waals surface area (Å²) in [5.74, 6) is 0.502. The molecule has 2 heterocycles. The van der Waals surface area contributed by atoms with E-state index in [9.17, 15) is 9.59 Å². The Morgan fingerprint density at radius 3 is 3.04 bits per heavy atom. The third kappa shape index (κ3) is 3.70. The van der Waals surface area contributed by atoms with Gasteiger partial charge in [-0.05, 0) is 31.0 Å². The van der Waals surface area contributed by atoms with Gasteiger partial charge < -0.3 is 15.0 Å². The van der Waals surface area contributed by atoms with Crippen LogP contribution in [-0.4, -0.2) is 39.3 Å². The minimum Gasteiger partial charge on any atom is -0.465 e. The highest BCUT2D eigenvalue weighted by Crippen LogP contribution is 2.31. The number of aromatic nitrogens is 4. The maximum absolute atomic E-state index is 12.2. The number of thioether (sulfide) groups is 1. The number of nitrogens with one attached hydrogen (secondary N) is 2. The van der Waals surface area contributed by atoms with Crippen LogP contribution in [0, 0.1) is 0 Å². The molecule has 1 aliphatic rings. The van der Waals surface area contributed by atoms with Crippen LogP contribution >= 0.6 is 23.1 Å². The van der Waals surface area contributed by atoms with Crippen LogP contribution in [0.1, 0.15) is 29.0 Å². The summed E-state index contributed by atoms with van der Waals surface area (Å²) in [7, 11) is 1.31. The molecule has 1 fully saturated rings. The highest BCUT2D eigenvalue weighted by atomic mass is 32.2. The lowest BCUT2D eigenvalue weighted by atomic mass is 10.1. The molecule has 26 heavy (non-hydrogen) atoms. The molecule has 3 aromatic rings. The second-order valence-corrected chi connectivity index (χ2v) is 8.02. The molecule has 4 rings (SSSR count). The molecule has 0 spiro atoms. The molecule has 2 aromatic heterocycles. The first-order valence-electron chi connectivity index (χ1n) is 7.96. The average molecular weight is 389 g/mol. The Bertz CT molecular complexity index is 1030. The van der Waals surface area contributed by atoms with Gasteiger partial charge in [0.25, 0.3) is 5.56 Å². The lowest BCUT2D eigenvalue weighted by Gasteiger charge is -2.04. The fraction of sp³-hybridized carbons (Fsp3) is 0.312. The van der Waals surface area contributed by atoms with Gasteiger partial charge in [0.1, 0.15) is 5.82 Å². The van der Waals surface area contributed by atoms with Gasteiger partial charge in [-0.1, -0.05) is 23.1 Å². The molecule has 0 unspecified atom stereocenters. The predicted molar refractivity (Wildman–Crippen MR) is 99.8 cm³/mol. The first-order chi connectivity index (χ1) is 12.6. The predicted octanol–water partition coefficient (Wildman–Crippen LogP) is 2.43. The van der Waals surface area contributed by atoms with E-state index in [-0.39, 0.29) is 5.56 Å². The molecule has 1 aliphatic carbocycles. The van der Waals surface area contributed by atoms with Crippen molar-refractivity contribution in [2.75, 3.05) is 12.4 Å². The summed E-state index contributed by atoms with van der Waals surface area (Å²) in [5, 5.41) is 12.8. The molecule has 0 bridgehead atoms. The highest BCUT2D eigenvalue weighted by molar-refractivity contribution is 8.00. The number of esters is 1. The summed E-state index contributed by atoms with van der Waals surface area (Å²) < 4.78 is 5.51. The van der Waals surface area contributed by atoms with Crippen molar-refractivity contribution in [3.8, 4) is 0 Å². The number of fused-ring (bicyclic) bond motifs is 1. The second-order valence-electron chi connectivity index (χ2n) is 5.82. The minimum absolute atomic E-state index is 0.240. The number of hydrogen-bond acceptors (Lipinski definition) is 9. The van der Waals surface area contributed by atoms with E-state index in [1.807, 2.05) is 0 Å². The number of methoxy groups -OCH3 is 1. The van der Waals surface area contributed by atoms with E-state index < -0.39 is 5.97 Å². The fourth-order valence-electron chi connectivity index (χ4n) is 2.36. The number of rotatable bonds is 6. The first kappa shape index (κ1) is 17.0. The van der Waals surface area contributed by atoms with Crippen LogP contribution in [0.5, 0.6) is 0 Å². The molecule has 0 radical (unpaired) electrons.